The number of thiophene rings is 1. The number of hydrogen-bond donors (Lipinski definition) is 2. The molecule has 0 bridgehead atoms. The minimum Gasteiger partial charge on any atom is -0.335 e. The number of H-pyrrole nitrogens is 2. The lowest BCUT2D eigenvalue weighted by atomic mass is 10.2. The van der Waals surface area contributed by atoms with Crippen molar-refractivity contribution in [3.8, 4) is 33.3 Å². The number of pyridine rings is 2. The Balaban J connectivity index is 1.49. The smallest absolute Gasteiger partial charge is 0.178 e. The predicted molar refractivity (Wildman–Crippen MR) is 121 cm³/mol. The fraction of sp³-hybridized carbons (Fsp3) is 0.0455. The zero-order valence-corrected chi connectivity index (χ0v) is 17.5. The van der Waals surface area contributed by atoms with Crippen LogP contribution in [0.2, 0.25) is 0 Å². The normalized spacial score (nSPS) is 11.4. The molecular formula is C22H14N8OS. The van der Waals surface area contributed by atoms with Crippen LogP contribution >= 0.6 is 11.3 Å². The van der Waals surface area contributed by atoms with Gasteiger partial charge in [0.2, 0.25) is 0 Å². The molecule has 0 aliphatic carbocycles. The fourth-order valence-electron chi connectivity index (χ4n) is 3.57. The number of ketones is 1. The highest BCUT2D eigenvalue weighted by molar-refractivity contribution is 7.17. The Morgan fingerprint density at radius 3 is 2.75 bits per heavy atom. The van der Waals surface area contributed by atoms with Crippen LogP contribution in [0, 0.1) is 0 Å². The molecule has 0 spiro atoms. The van der Waals surface area contributed by atoms with E-state index >= 15 is 0 Å². The zero-order valence-electron chi connectivity index (χ0n) is 16.7. The minimum absolute atomic E-state index is 0.0485. The van der Waals surface area contributed by atoms with Crippen molar-refractivity contribution in [2.24, 2.45) is 0 Å². The molecule has 6 aromatic heterocycles. The van der Waals surface area contributed by atoms with Crippen molar-refractivity contribution in [1.29, 1.82) is 0 Å². The summed E-state index contributed by atoms with van der Waals surface area (Å²) in [5.74, 6) is 0.637. The molecule has 9 nitrogen and oxygen atoms in total. The summed E-state index contributed by atoms with van der Waals surface area (Å²) in [6.45, 7) is 1.57. The molecule has 6 aromatic rings. The Morgan fingerprint density at radius 2 is 1.94 bits per heavy atom. The van der Waals surface area contributed by atoms with Gasteiger partial charge in [0.15, 0.2) is 17.3 Å². The van der Waals surface area contributed by atoms with Crippen molar-refractivity contribution >= 4 is 39.2 Å². The molecule has 0 radical (unpaired) electrons. The highest BCUT2D eigenvalue weighted by Crippen LogP contribution is 2.34. The number of carbonyl (C=O) groups is 1. The molecule has 10 heteroatoms. The Kier molecular flexibility index (Phi) is 4.12. The SMILES string of the molecule is CC(=O)c1ccc(-c2ccnc3nc(-c4n[nH]c5cnc(-c6cnccn6)cc45)[nH]c23)s1. The Labute approximate surface area is 184 Å². The van der Waals surface area contributed by atoms with Gasteiger partial charge in [-0.3, -0.25) is 24.8 Å². The zero-order chi connectivity index (χ0) is 21.7. The summed E-state index contributed by atoms with van der Waals surface area (Å²) in [6, 6.07) is 7.62. The number of carbonyl (C=O) groups excluding carboxylic acids is 1. The standard InChI is InChI=1S/C22H14N8OS/c1-11(31)17-2-3-18(32-17)12-4-5-25-21-19(12)27-22(28-21)20-13-8-14(16-9-23-6-7-24-16)26-10-15(13)29-30-20/h2-10H,1H3,(H,29,30)(H,25,27,28). The van der Waals surface area contributed by atoms with Gasteiger partial charge in [-0.05, 0) is 31.2 Å². The molecule has 0 aliphatic rings. The van der Waals surface area contributed by atoms with E-state index in [-0.39, 0.29) is 5.78 Å². The van der Waals surface area contributed by atoms with Gasteiger partial charge >= 0.3 is 0 Å². The van der Waals surface area contributed by atoms with Crippen LogP contribution in [-0.2, 0) is 0 Å². The van der Waals surface area contributed by atoms with Gasteiger partial charge in [0.25, 0.3) is 0 Å². The Hall–Kier alpha value is -4.31. The quantitative estimate of drug-likeness (QED) is 0.393. The first-order chi connectivity index (χ1) is 15.7. The van der Waals surface area contributed by atoms with Crippen LogP contribution in [-0.4, -0.2) is 45.9 Å². The average molecular weight is 438 g/mol. The van der Waals surface area contributed by atoms with Gasteiger partial charge in [0.05, 0.1) is 34.0 Å². The maximum Gasteiger partial charge on any atom is 0.178 e. The van der Waals surface area contributed by atoms with Crippen molar-refractivity contribution in [3.63, 3.8) is 0 Å². The van der Waals surface area contributed by atoms with Crippen LogP contribution in [0.5, 0.6) is 0 Å². The third-order valence-corrected chi connectivity index (χ3v) is 6.33. The minimum atomic E-state index is 0.0485. The topological polar surface area (TPSA) is 126 Å². The summed E-state index contributed by atoms with van der Waals surface area (Å²) in [4.78, 5) is 38.8. The van der Waals surface area contributed by atoms with Crippen LogP contribution in [0.15, 0.2) is 55.2 Å². The van der Waals surface area contributed by atoms with Gasteiger partial charge in [0.1, 0.15) is 11.4 Å². The molecule has 32 heavy (non-hydrogen) atoms. The summed E-state index contributed by atoms with van der Waals surface area (Å²) >= 11 is 1.45. The van der Waals surface area contributed by atoms with E-state index in [0.717, 1.165) is 26.9 Å². The molecule has 0 fully saturated rings. The second-order valence-corrected chi connectivity index (χ2v) is 8.22. The van der Waals surface area contributed by atoms with Crippen molar-refractivity contribution in [2.75, 3.05) is 0 Å². The summed E-state index contributed by atoms with van der Waals surface area (Å²) in [5.41, 5.74) is 5.12. The molecule has 0 atom stereocenters. The van der Waals surface area contributed by atoms with Gasteiger partial charge in [-0.25, -0.2) is 9.97 Å². The molecule has 0 aliphatic heterocycles. The highest BCUT2D eigenvalue weighted by atomic mass is 32.1. The first kappa shape index (κ1) is 18.5. The van der Waals surface area contributed by atoms with E-state index in [2.05, 4.69) is 40.1 Å². The lowest BCUT2D eigenvalue weighted by Crippen LogP contribution is -1.88. The van der Waals surface area contributed by atoms with Crippen molar-refractivity contribution in [3.05, 3.63) is 60.1 Å². The summed E-state index contributed by atoms with van der Waals surface area (Å²) < 4.78 is 0. The van der Waals surface area contributed by atoms with Gasteiger partial charge in [-0.1, -0.05) is 0 Å². The van der Waals surface area contributed by atoms with Gasteiger partial charge in [0, 0.05) is 34.4 Å². The predicted octanol–water partition coefficient (Wildman–Crippen LogP) is 4.28. The highest BCUT2D eigenvalue weighted by Gasteiger charge is 2.18. The van der Waals surface area contributed by atoms with E-state index in [9.17, 15) is 4.79 Å². The molecule has 0 saturated heterocycles. The van der Waals surface area contributed by atoms with Crippen LogP contribution < -0.4 is 0 Å². The summed E-state index contributed by atoms with van der Waals surface area (Å²) in [7, 11) is 0. The Bertz CT molecular complexity index is 1620. The molecule has 2 N–H and O–H groups in total. The summed E-state index contributed by atoms with van der Waals surface area (Å²) in [6.07, 6.45) is 8.36. The Morgan fingerprint density at radius 1 is 1.00 bits per heavy atom. The van der Waals surface area contributed by atoms with Gasteiger partial charge in [-0.2, -0.15) is 5.10 Å². The van der Waals surface area contributed by atoms with E-state index in [4.69, 9.17) is 0 Å². The third-order valence-electron chi connectivity index (χ3n) is 5.11. The number of nitrogens with zero attached hydrogens (tertiary/aromatic N) is 6. The van der Waals surface area contributed by atoms with Crippen LogP contribution in [0.3, 0.4) is 0 Å². The second-order valence-electron chi connectivity index (χ2n) is 7.14. The van der Waals surface area contributed by atoms with E-state index in [1.54, 1.807) is 37.9 Å². The van der Waals surface area contributed by atoms with Crippen LogP contribution in [0.25, 0.3) is 55.4 Å². The van der Waals surface area contributed by atoms with E-state index in [1.807, 2.05) is 24.3 Å². The number of aromatic amines is 2. The first-order valence-corrected chi connectivity index (χ1v) is 10.6. The molecule has 6 rings (SSSR count). The first-order valence-electron chi connectivity index (χ1n) is 9.74. The van der Waals surface area contributed by atoms with Crippen LogP contribution in [0.4, 0.5) is 0 Å². The molecule has 6 heterocycles. The van der Waals surface area contributed by atoms with E-state index in [0.29, 0.717) is 33.4 Å². The molecule has 0 unspecified atom stereocenters. The monoisotopic (exact) mass is 438 g/mol. The van der Waals surface area contributed by atoms with Gasteiger partial charge < -0.3 is 4.98 Å². The number of fused-ring (bicyclic) bond motifs is 2. The van der Waals surface area contributed by atoms with Crippen molar-refractivity contribution < 1.29 is 4.79 Å². The molecule has 0 aromatic carbocycles. The van der Waals surface area contributed by atoms with E-state index in [1.165, 1.54) is 11.3 Å². The molecular weight excluding hydrogens is 424 g/mol. The third kappa shape index (κ3) is 2.96. The number of rotatable bonds is 4. The van der Waals surface area contributed by atoms with Crippen molar-refractivity contribution in [1.82, 2.24) is 40.1 Å². The lowest BCUT2D eigenvalue weighted by molar-refractivity contribution is 0.102. The molecule has 154 valence electrons. The fourth-order valence-corrected chi connectivity index (χ4v) is 4.50. The largest absolute Gasteiger partial charge is 0.335 e. The van der Waals surface area contributed by atoms with E-state index < -0.39 is 0 Å². The number of hydrogen-bond acceptors (Lipinski definition) is 8. The second kappa shape index (κ2) is 7.13. The number of Topliss-reactive ketones (excluding diaryl/α,β-unsaturated/α-hetero) is 1. The lowest BCUT2D eigenvalue weighted by Gasteiger charge is -1.99. The number of aromatic nitrogens is 8. The molecule has 0 saturated carbocycles. The molecule has 0 amide bonds. The maximum absolute atomic E-state index is 11.7. The number of imidazole rings is 1. The van der Waals surface area contributed by atoms with Gasteiger partial charge in [-0.15, -0.1) is 11.3 Å². The van der Waals surface area contributed by atoms with Crippen LogP contribution in [0.1, 0.15) is 16.6 Å². The number of nitrogens with one attached hydrogen (secondary N) is 2. The summed E-state index contributed by atoms with van der Waals surface area (Å²) in [5, 5.41) is 8.33. The maximum atomic E-state index is 11.7. The average Bonchev–Trinajstić information content (AvgIpc) is 3.56. The van der Waals surface area contributed by atoms with Crippen molar-refractivity contribution in [2.45, 2.75) is 6.92 Å².